The average molecular weight is 412 g/mol. The number of aryl methyl sites for hydroxylation is 2. The molecule has 162 valence electrons. The van der Waals surface area contributed by atoms with Crippen LogP contribution >= 0.6 is 0 Å². The normalized spacial score (nSPS) is 11.9. The minimum atomic E-state index is 0.486. The van der Waals surface area contributed by atoms with E-state index in [1.54, 1.807) is 0 Å². The van der Waals surface area contributed by atoms with Crippen LogP contribution in [0.4, 0.5) is 0 Å². The summed E-state index contributed by atoms with van der Waals surface area (Å²) in [5, 5.41) is 16.4. The first-order chi connectivity index (χ1) is 14.7. The van der Waals surface area contributed by atoms with Crippen LogP contribution in [0, 0.1) is 6.92 Å². The van der Waals surface area contributed by atoms with E-state index >= 15 is 0 Å². The van der Waals surface area contributed by atoms with Crippen molar-refractivity contribution in [1.82, 2.24) is 30.0 Å². The Hall–Kier alpha value is -2.87. The van der Waals surface area contributed by atoms with Crippen LogP contribution in [0.25, 0.3) is 10.9 Å². The Morgan fingerprint density at radius 1 is 1.10 bits per heavy atom. The van der Waals surface area contributed by atoms with Crippen molar-refractivity contribution in [3.05, 3.63) is 48.2 Å². The van der Waals surface area contributed by atoms with Crippen molar-refractivity contribution in [3.8, 4) is 0 Å². The fourth-order valence-corrected chi connectivity index (χ4v) is 3.23. The summed E-state index contributed by atoms with van der Waals surface area (Å²) in [4.78, 5) is 4.69. The van der Waals surface area contributed by atoms with Crippen LogP contribution in [0.5, 0.6) is 0 Å². The van der Waals surface area contributed by atoms with Gasteiger partial charge in [0.1, 0.15) is 12.4 Å². The van der Waals surface area contributed by atoms with E-state index in [4.69, 9.17) is 9.73 Å². The third-order valence-corrected chi connectivity index (χ3v) is 5.07. The summed E-state index contributed by atoms with van der Waals surface area (Å²) in [6, 6.07) is 10.6. The second kappa shape index (κ2) is 11.3. The molecule has 0 amide bonds. The van der Waals surface area contributed by atoms with E-state index in [0.29, 0.717) is 6.54 Å². The molecule has 0 aliphatic heterocycles. The quantitative estimate of drug-likeness (QED) is 0.288. The summed E-state index contributed by atoms with van der Waals surface area (Å²) in [6.07, 6.45) is 4.09. The molecule has 2 N–H and O–H groups in total. The van der Waals surface area contributed by atoms with Gasteiger partial charge in [-0.2, -0.15) is 0 Å². The summed E-state index contributed by atoms with van der Waals surface area (Å²) in [5.41, 5.74) is 1.28. The van der Waals surface area contributed by atoms with Crippen molar-refractivity contribution < 1.29 is 4.74 Å². The van der Waals surface area contributed by atoms with Crippen LogP contribution in [-0.4, -0.2) is 51.6 Å². The van der Waals surface area contributed by atoms with Gasteiger partial charge in [0.05, 0.1) is 0 Å². The Bertz CT molecular complexity index is 944. The van der Waals surface area contributed by atoms with E-state index in [0.717, 1.165) is 63.3 Å². The van der Waals surface area contributed by atoms with Gasteiger partial charge in [0.2, 0.25) is 0 Å². The number of aromatic nitrogens is 4. The van der Waals surface area contributed by atoms with E-state index in [9.17, 15) is 0 Å². The van der Waals surface area contributed by atoms with Gasteiger partial charge in [-0.25, -0.2) is 4.99 Å². The highest BCUT2D eigenvalue weighted by Gasteiger charge is 2.05. The molecular formula is C22H33N7O. The first kappa shape index (κ1) is 21.8. The van der Waals surface area contributed by atoms with E-state index in [-0.39, 0.29) is 0 Å². The van der Waals surface area contributed by atoms with Crippen LogP contribution < -0.4 is 10.6 Å². The lowest BCUT2D eigenvalue weighted by Gasteiger charge is -2.13. The van der Waals surface area contributed by atoms with Gasteiger partial charge in [-0.15, -0.1) is 10.2 Å². The lowest BCUT2D eigenvalue weighted by Crippen LogP contribution is -2.39. The third-order valence-electron chi connectivity index (χ3n) is 5.07. The number of benzene rings is 1. The fourth-order valence-electron chi connectivity index (χ4n) is 3.23. The molecule has 30 heavy (non-hydrogen) atoms. The van der Waals surface area contributed by atoms with Crippen LogP contribution in [0.2, 0.25) is 0 Å². The number of ether oxygens (including phenoxy) is 1. The number of guanidine groups is 1. The van der Waals surface area contributed by atoms with Crippen molar-refractivity contribution in [2.75, 3.05) is 26.3 Å². The van der Waals surface area contributed by atoms with Gasteiger partial charge < -0.3 is 24.5 Å². The van der Waals surface area contributed by atoms with Crippen molar-refractivity contribution in [1.29, 1.82) is 0 Å². The second-order valence-electron chi connectivity index (χ2n) is 7.21. The van der Waals surface area contributed by atoms with Crippen molar-refractivity contribution in [3.63, 3.8) is 0 Å². The molecule has 8 nitrogen and oxygen atoms in total. The molecule has 0 aliphatic rings. The molecule has 8 heteroatoms. The number of rotatable bonds is 11. The van der Waals surface area contributed by atoms with Gasteiger partial charge in [0.15, 0.2) is 11.8 Å². The number of fused-ring (bicyclic) bond motifs is 1. The first-order valence-corrected chi connectivity index (χ1v) is 10.7. The number of aliphatic imine (C=N–C) groups is 1. The molecular weight excluding hydrogens is 378 g/mol. The van der Waals surface area contributed by atoms with Gasteiger partial charge in [-0.05, 0) is 44.2 Å². The Morgan fingerprint density at radius 3 is 2.67 bits per heavy atom. The third kappa shape index (κ3) is 6.06. The number of hydrogen-bond acceptors (Lipinski definition) is 4. The number of nitrogens with zero attached hydrogens (tertiary/aromatic N) is 5. The average Bonchev–Trinajstić information content (AvgIpc) is 3.32. The highest BCUT2D eigenvalue weighted by molar-refractivity contribution is 5.80. The van der Waals surface area contributed by atoms with Gasteiger partial charge in [-0.1, -0.05) is 18.2 Å². The maximum Gasteiger partial charge on any atom is 0.191 e. The molecule has 0 atom stereocenters. The smallest absolute Gasteiger partial charge is 0.191 e. The zero-order chi connectivity index (χ0) is 21.2. The SMILES string of the molecule is CCOCCCNC(=NCc1nnc(C)n1C)NCCCn1ccc2ccccc21. The molecule has 0 saturated heterocycles. The predicted molar refractivity (Wildman–Crippen MR) is 121 cm³/mol. The summed E-state index contributed by atoms with van der Waals surface area (Å²) < 4.78 is 9.68. The minimum Gasteiger partial charge on any atom is -0.382 e. The molecule has 0 fully saturated rings. The van der Waals surface area contributed by atoms with Crippen LogP contribution in [-0.2, 0) is 24.9 Å². The Morgan fingerprint density at radius 2 is 1.90 bits per heavy atom. The van der Waals surface area contributed by atoms with E-state index in [1.807, 2.05) is 25.5 Å². The maximum atomic E-state index is 5.41. The molecule has 1 aromatic carbocycles. The van der Waals surface area contributed by atoms with Crippen molar-refractivity contribution in [2.45, 2.75) is 39.8 Å². The summed E-state index contributed by atoms with van der Waals surface area (Å²) >= 11 is 0. The van der Waals surface area contributed by atoms with Crippen LogP contribution in [0.3, 0.4) is 0 Å². The molecule has 0 aliphatic carbocycles. The second-order valence-corrected chi connectivity index (χ2v) is 7.21. The predicted octanol–water partition coefficient (Wildman–Crippen LogP) is 2.63. The summed E-state index contributed by atoms with van der Waals surface area (Å²) in [5.74, 6) is 2.53. The van der Waals surface area contributed by atoms with Gasteiger partial charge in [0.25, 0.3) is 0 Å². The minimum absolute atomic E-state index is 0.486. The summed E-state index contributed by atoms with van der Waals surface area (Å²) in [6.45, 7) is 8.54. The number of para-hydroxylation sites is 1. The first-order valence-electron chi connectivity index (χ1n) is 10.7. The molecule has 0 unspecified atom stereocenters. The topological polar surface area (TPSA) is 81.3 Å². The highest BCUT2D eigenvalue weighted by Crippen LogP contribution is 2.15. The molecule has 2 aromatic heterocycles. The Kier molecular flexibility index (Phi) is 8.26. The zero-order valence-corrected chi connectivity index (χ0v) is 18.3. The molecule has 3 aromatic rings. The monoisotopic (exact) mass is 411 g/mol. The van der Waals surface area contributed by atoms with E-state index in [1.165, 1.54) is 10.9 Å². The maximum absolute atomic E-state index is 5.41. The molecule has 0 saturated carbocycles. The largest absolute Gasteiger partial charge is 0.382 e. The van der Waals surface area contributed by atoms with Crippen LogP contribution in [0.1, 0.15) is 31.4 Å². The standard InChI is InChI=1S/C22H33N7O/c1-4-30-16-8-13-24-22(25-17-21-27-26-18(2)28(21)3)23-12-7-14-29-15-11-19-9-5-6-10-20(19)29/h5-6,9-11,15H,4,7-8,12-14,16-17H2,1-3H3,(H2,23,24,25). The number of nitrogens with one attached hydrogen (secondary N) is 2. The van der Waals surface area contributed by atoms with Crippen molar-refractivity contribution in [2.24, 2.45) is 12.0 Å². The zero-order valence-electron chi connectivity index (χ0n) is 18.3. The van der Waals surface area contributed by atoms with Gasteiger partial charge in [0, 0.05) is 51.6 Å². The number of hydrogen-bond donors (Lipinski definition) is 2. The molecule has 3 rings (SSSR count). The van der Waals surface area contributed by atoms with Crippen molar-refractivity contribution >= 4 is 16.9 Å². The fraction of sp³-hybridized carbons (Fsp3) is 0.500. The van der Waals surface area contributed by atoms with Crippen LogP contribution in [0.15, 0.2) is 41.5 Å². The Labute approximate surface area is 178 Å². The lowest BCUT2D eigenvalue weighted by molar-refractivity contribution is 0.145. The van der Waals surface area contributed by atoms with E-state index in [2.05, 4.69) is 61.9 Å². The van der Waals surface area contributed by atoms with Gasteiger partial charge in [-0.3, -0.25) is 0 Å². The molecule has 0 spiro atoms. The molecule has 2 heterocycles. The summed E-state index contributed by atoms with van der Waals surface area (Å²) in [7, 11) is 1.96. The molecule has 0 radical (unpaired) electrons. The Balaban J connectivity index is 1.51. The lowest BCUT2D eigenvalue weighted by atomic mass is 10.2. The highest BCUT2D eigenvalue weighted by atomic mass is 16.5. The van der Waals surface area contributed by atoms with E-state index < -0.39 is 0 Å². The van der Waals surface area contributed by atoms with Gasteiger partial charge >= 0.3 is 0 Å². The molecule has 0 bridgehead atoms.